The van der Waals surface area contributed by atoms with E-state index in [0.29, 0.717) is 12.0 Å². The van der Waals surface area contributed by atoms with Crippen molar-refractivity contribution >= 4 is 0 Å². The van der Waals surface area contributed by atoms with Crippen LogP contribution in [0.1, 0.15) is 71.4 Å². The largest absolute Gasteiger partial charge is 0.314 e. The first kappa shape index (κ1) is 16.5. The summed E-state index contributed by atoms with van der Waals surface area (Å²) in [4.78, 5) is 0. The molecule has 0 radical (unpaired) electrons. The zero-order chi connectivity index (χ0) is 15.2. The maximum Gasteiger partial charge on any atom is 0.0492 e. The second-order valence-electron chi connectivity index (χ2n) is 7.00. The lowest BCUT2D eigenvalue weighted by Crippen LogP contribution is -2.35. The quantitative estimate of drug-likeness (QED) is 0.816. The second-order valence-corrected chi connectivity index (χ2v) is 7.00. The molecule has 0 amide bonds. The first-order valence-electron chi connectivity index (χ1n) is 8.90. The van der Waals surface area contributed by atoms with Crippen LogP contribution in [0.3, 0.4) is 0 Å². The average molecular weight is 291 g/mol. The highest BCUT2D eigenvalue weighted by Gasteiger charge is 2.32. The van der Waals surface area contributed by atoms with E-state index in [1.54, 1.807) is 0 Å². The minimum Gasteiger partial charge on any atom is -0.314 e. The van der Waals surface area contributed by atoms with Crippen molar-refractivity contribution in [2.24, 2.45) is 11.8 Å². The van der Waals surface area contributed by atoms with Gasteiger partial charge in [-0.3, -0.25) is 4.68 Å². The molecule has 1 fully saturated rings. The van der Waals surface area contributed by atoms with Crippen molar-refractivity contribution in [1.82, 2.24) is 15.1 Å². The normalized spacial score (nSPS) is 26.4. The van der Waals surface area contributed by atoms with Crippen LogP contribution >= 0.6 is 0 Å². The van der Waals surface area contributed by atoms with Gasteiger partial charge in [0, 0.05) is 30.4 Å². The highest BCUT2D eigenvalue weighted by atomic mass is 15.3. The van der Waals surface area contributed by atoms with E-state index in [-0.39, 0.29) is 0 Å². The van der Waals surface area contributed by atoms with Crippen molar-refractivity contribution in [2.45, 2.75) is 78.3 Å². The van der Waals surface area contributed by atoms with Crippen molar-refractivity contribution in [1.29, 1.82) is 0 Å². The molecule has 0 aliphatic heterocycles. The zero-order valence-corrected chi connectivity index (χ0v) is 14.3. The minimum atomic E-state index is 0.579. The molecule has 120 valence electrons. The monoisotopic (exact) mass is 291 g/mol. The van der Waals surface area contributed by atoms with Crippen molar-refractivity contribution in [3.05, 3.63) is 18.0 Å². The van der Waals surface area contributed by atoms with E-state index in [9.17, 15) is 0 Å². The fourth-order valence-electron chi connectivity index (χ4n) is 3.74. The average Bonchev–Trinajstić information content (AvgIpc) is 2.93. The number of nitrogens with zero attached hydrogens (tertiary/aromatic N) is 2. The summed E-state index contributed by atoms with van der Waals surface area (Å²) in [5, 5.41) is 8.22. The second kappa shape index (κ2) is 7.98. The third-order valence-corrected chi connectivity index (χ3v) is 5.03. The number of aromatic nitrogens is 2. The summed E-state index contributed by atoms with van der Waals surface area (Å²) in [6, 6.07) is 2.84. The van der Waals surface area contributed by atoms with E-state index in [2.05, 4.69) is 48.9 Å². The molecule has 0 bridgehead atoms. The van der Waals surface area contributed by atoms with E-state index in [4.69, 9.17) is 0 Å². The van der Waals surface area contributed by atoms with Gasteiger partial charge in [0.1, 0.15) is 0 Å². The number of rotatable bonds is 7. The Kier molecular flexibility index (Phi) is 6.28. The van der Waals surface area contributed by atoms with Crippen LogP contribution in [-0.2, 0) is 6.54 Å². The predicted octanol–water partition coefficient (Wildman–Crippen LogP) is 4.20. The summed E-state index contributed by atoms with van der Waals surface area (Å²) in [6.45, 7) is 11.3. The lowest BCUT2D eigenvalue weighted by atomic mass is 9.71. The molecular formula is C18H33N3. The Morgan fingerprint density at radius 1 is 1.33 bits per heavy atom. The lowest BCUT2D eigenvalue weighted by molar-refractivity contribution is 0.214. The number of hydrogen-bond acceptors (Lipinski definition) is 2. The molecule has 1 aliphatic carbocycles. The standard InChI is InChI=1S/C18H33N3/c1-5-11-21-18(9-10-20-21)17-12-15(6-2)7-8-16(17)13-19-14(3)4/h9-10,14-17,19H,5-8,11-13H2,1-4H3. The van der Waals surface area contributed by atoms with Crippen LogP contribution in [0.15, 0.2) is 12.3 Å². The maximum atomic E-state index is 4.56. The van der Waals surface area contributed by atoms with Crippen LogP contribution in [0.2, 0.25) is 0 Å². The summed E-state index contributed by atoms with van der Waals surface area (Å²) >= 11 is 0. The summed E-state index contributed by atoms with van der Waals surface area (Å²) in [5.74, 6) is 2.35. The van der Waals surface area contributed by atoms with Crippen LogP contribution in [-0.4, -0.2) is 22.4 Å². The van der Waals surface area contributed by atoms with Gasteiger partial charge in [-0.15, -0.1) is 0 Å². The van der Waals surface area contributed by atoms with Crippen molar-refractivity contribution < 1.29 is 0 Å². The minimum absolute atomic E-state index is 0.579. The molecule has 1 saturated carbocycles. The number of nitrogens with one attached hydrogen (secondary N) is 1. The van der Waals surface area contributed by atoms with Crippen molar-refractivity contribution in [3.63, 3.8) is 0 Å². The molecule has 3 atom stereocenters. The van der Waals surface area contributed by atoms with Gasteiger partial charge in [-0.2, -0.15) is 5.10 Å². The van der Waals surface area contributed by atoms with Gasteiger partial charge in [-0.05, 0) is 43.7 Å². The van der Waals surface area contributed by atoms with E-state index in [0.717, 1.165) is 31.3 Å². The summed E-state index contributed by atoms with van der Waals surface area (Å²) in [5.41, 5.74) is 1.48. The molecule has 0 saturated heterocycles. The highest BCUT2D eigenvalue weighted by molar-refractivity contribution is 5.11. The van der Waals surface area contributed by atoms with Gasteiger partial charge in [0.15, 0.2) is 0 Å². The molecule has 1 aromatic heterocycles. The van der Waals surface area contributed by atoms with Crippen LogP contribution in [0.5, 0.6) is 0 Å². The molecule has 1 N–H and O–H groups in total. The molecule has 2 rings (SSSR count). The Morgan fingerprint density at radius 3 is 2.81 bits per heavy atom. The fraction of sp³-hybridized carbons (Fsp3) is 0.833. The highest BCUT2D eigenvalue weighted by Crippen LogP contribution is 2.41. The molecule has 3 unspecified atom stereocenters. The summed E-state index contributed by atoms with van der Waals surface area (Å²) < 4.78 is 2.26. The van der Waals surface area contributed by atoms with Gasteiger partial charge in [0.2, 0.25) is 0 Å². The Hall–Kier alpha value is -0.830. The molecule has 1 aromatic rings. The first-order valence-corrected chi connectivity index (χ1v) is 8.90. The fourth-order valence-corrected chi connectivity index (χ4v) is 3.74. The number of hydrogen-bond donors (Lipinski definition) is 1. The molecule has 1 heterocycles. The Balaban J connectivity index is 2.13. The molecule has 3 heteroatoms. The van der Waals surface area contributed by atoms with Crippen LogP contribution in [0.25, 0.3) is 0 Å². The molecule has 21 heavy (non-hydrogen) atoms. The molecule has 0 spiro atoms. The van der Waals surface area contributed by atoms with E-state index < -0.39 is 0 Å². The topological polar surface area (TPSA) is 29.9 Å². The van der Waals surface area contributed by atoms with Crippen LogP contribution < -0.4 is 5.32 Å². The molecule has 0 aromatic carbocycles. The third-order valence-electron chi connectivity index (χ3n) is 5.03. The third kappa shape index (κ3) is 4.32. The van der Waals surface area contributed by atoms with Crippen molar-refractivity contribution in [2.75, 3.05) is 6.54 Å². The maximum absolute atomic E-state index is 4.56. The van der Waals surface area contributed by atoms with E-state index in [1.165, 1.54) is 31.4 Å². The Morgan fingerprint density at radius 2 is 2.14 bits per heavy atom. The van der Waals surface area contributed by atoms with Gasteiger partial charge in [-0.1, -0.05) is 40.5 Å². The van der Waals surface area contributed by atoms with E-state index in [1.807, 2.05) is 6.20 Å². The zero-order valence-electron chi connectivity index (χ0n) is 14.3. The van der Waals surface area contributed by atoms with Crippen molar-refractivity contribution in [3.8, 4) is 0 Å². The SMILES string of the molecule is CCCn1nccc1C1CC(CC)CCC1CNC(C)C. The first-order chi connectivity index (χ1) is 10.2. The smallest absolute Gasteiger partial charge is 0.0492 e. The van der Waals surface area contributed by atoms with Gasteiger partial charge in [0.25, 0.3) is 0 Å². The molecular weight excluding hydrogens is 258 g/mol. The van der Waals surface area contributed by atoms with Gasteiger partial charge >= 0.3 is 0 Å². The van der Waals surface area contributed by atoms with Gasteiger partial charge in [-0.25, -0.2) is 0 Å². The lowest BCUT2D eigenvalue weighted by Gasteiger charge is -2.37. The van der Waals surface area contributed by atoms with E-state index >= 15 is 0 Å². The number of aryl methyl sites for hydroxylation is 1. The summed E-state index contributed by atoms with van der Waals surface area (Å²) in [7, 11) is 0. The Labute approximate surface area is 130 Å². The molecule has 1 aliphatic rings. The summed E-state index contributed by atoms with van der Waals surface area (Å²) in [6.07, 6.45) is 8.58. The van der Waals surface area contributed by atoms with Crippen LogP contribution in [0.4, 0.5) is 0 Å². The Bertz CT molecular complexity index is 410. The molecule has 3 nitrogen and oxygen atoms in total. The van der Waals surface area contributed by atoms with Crippen LogP contribution in [0, 0.1) is 11.8 Å². The van der Waals surface area contributed by atoms with Gasteiger partial charge < -0.3 is 5.32 Å². The predicted molar refractivity (Wildman–Crippen MR) is 89.5 cm³/mol. The van der Waals surface area contributed by atoms with Gasteiger partial charge in [0.05, 0.1) is 0 Å².